The molecule has 0 bridgehead atoms. The Morgan fingerprint density at radius 3 is 2.15 bits per heavy atom. The fourth-order valence-corrected chi connectivity index (χ4v) is 4.30. The van der Waals surface area contributed by atoms with Crippen molar-refractivity contribution in [3.63, 3.8) is 0 Å². The lowest BCUT2D eigenvalue weighted by Gasteiger charge is -2.35. The van der Waals surface area contributed by atoms with Crippen LogP contribution < -0.4 is 5.73 Å². The molecule has 1 aliphatic carbocycles. The number of piperazine rings is 1. The van der Waals surface area contributed by atoms with E-state index in [0.29, 0.717) is 39.0 Å². The van der Waals surface area contributed by atoms with E-state index < -0.39 is 0 Å². The molecule has 3 rings (SSSR count). The number of carbonyl (C=O) groups is 2. The van der Waals surface area contributed by atoms with E-state index in [4.69, 9.17) is 5.73 Å². The standard InChI is InChI=1S/C22H33N3O2/c23-20(19-9-5-2-6-10-19)17-22(27)25-15-13-24(14-16-25)21(26)12-11-18-7-3-1-4-8-18/h2,5-6,9-10,18,20H,1,3-4,7-8,11-17,23H2. The van der Waals surface area contributed by atoms with Gasteiger partial charge in [-0.15, -0.1) is 0 Å². The van der Waals surface area contributed by atoms with Crippen molar-refractivity contribution in [2.75, 3.05) is 26.2 Å². The van der Waals surface area contributed by atoms with E-state index in [9.17, 15) is 9.59 Å². The summed E-state index contributed by atoms with van der Waals surface area (Å²) in [5.74, 6) is 1.08. The smallest absolute Gasteiger partial charge is 0.224 e. The first-order valence-corrected chi connectivity index (χ1v) is 10.5. The maximum Gasteiger partial charge on any atom is 0.224 e. The quantitative estimate of drug-likeness (QED) is 0.835. The van der Waals surface area contributed by atoms with Gasteiger partial charge in [0.2, 0.25) is 11.8 Å². The largest absolute Gasteiger partial charge is 0.339 e. The van der Waals surface area contributed by atoms with Crippen molar-refractivity contribution >= 4 is 11.8 Å². The third kappa shape index (κ3) is 5.80. The molecule has 2 N–H and O–H groups in total. The van der Waals surface area contributed by atoms with Gasteiger partial charge in [-0.2, -0.15) is 0 Å². The van der Waals surface area contributed by atoms with Crippen molar-refractivity contribution in [3.8, 4) is 0 Å². The van der Waals surface area contributed by atoms with Gasteiger partial charge in [-0.05, 0) is 17.9 Å². The van der Waals surface area contributed by atoms with Gasteiger partial charge in [-0.25, -0.2) is 0 Å². The summed E-state index contributed by atoms with van der Waals surface area (Å²) < 4.78 is 0. The summed E-state index contributed by atoms with van der Waals surface area (Å²) in [5, 5.41) is 0. The van der Waals surface area contributed by atoms with Crippen LogP contribution in [0.2, 0.25) is 0 Å². The second-order valence-electron chi connectivity index (χ2n) is 8.03. The number of carbonyl (C=O) groups excluding carboxylic acids is 2. The number of nitrogens with two attached hydrogens (primary N) is 1. The van der Waals surface area contributed by atoms with Crippen molar-refractivity contribution in [1.82, 2.24) is 9.80 Å². The van der Waals surface area contributed by atoms with Gasteiger partial charge in [0, 0.05) is 45.1 Å². The average molecular weight is 372 g/mol. The van der Waals surface area contributed by atoms with E-state index in [1.165, 1.54) is 32.1 Å². The minimum Gasteiger partial charge on any atom is -0.339 e. The molecule has 5 heteroatoms. The van der Waals surface area contributed by atoms with Crippen LogP contribution in [-0.4, -0.2) is 47.8 Å². The lowest BCUT2D eigenvalue weighted by molar-refractivity contribution is -0.140. The third-order valence-corrected chi connectivity index (χ3v) is 6.10. The Morgan fingerprint density at radius 1 is 0.926 bits per heavy atom. The molecule has 1 saturated carbocycles. The summed E-state index contributed by atoms with van der Waals surface area (Å²) in [5.41, 5.74) is 7.16. The zero-order valence-electron chi connectivity index (χ0n) is 16.3. The molecule has 1 aromatic carbocycles. The molecule has 2 fully saturated rings. The molecular formula is C22H33N3O2. The molecular weight excluding hydrogens is 338 g/mol. The molecule has 2 amide bonds. The number of amides is 2. The van der Waals surface area contributed by atoms with Gasteiger partial charge in [-0.3, -0.25) is 9.59 Å². The zero-order valence-corrected chi connectivity index (χ0v) is 16.3. The van der Waals surface area contributed by atoms with E-state index in [2.05, 4.69) is 0 Å². The number of nitrogens with zero attached hydrogens (tertiary/aromatic N) is 2. The Morgan fingerprint density at radius 2 is 1.52 bits per heavy atom. The topological polar surface area (TPSA) is 66.6 Å². The normalized spacial score (nSPS) is 19.7. The number of benzene rings is 1. The predicted molar refractivity (Wildman–Crippen MR) is 107 cm³/mol. The van der Waals surface area contributed by atoms with Crippen molar-refractivity contribution in [2.45, 2.75) is 57.4 Å². The highest BCUT2D eigenvalue weighted by Crippen LogP contribution is 2.27. The molecule has 1 aromatic rings. The summed E-state index contributed by atoms with van der Waals surface area (Å²) in [6.45, 7) is 2.54. The summed E-state index contributed by atoms with van der Waals surface area (Å²) in [7, 11) is 0. The lowest BCUT2D eigenvalue weighted by Crippen LogP contribution is -2.51. The third-order valence-electron chi connectivity index (χ3n) is 6.10. The van der Waals surface area contributed by atoms with Crippen LogP contribution in [0.3, 0.4) is 0 Å². The van der Waals surface area contributed by atoms with Gasteiger partial charge in [0.25, 0.3) is 0 Å². The Hall–Kier alpha value is -1.88. The monoisotopic (exact) mass is 371 g/mol. The SMILES string of the molecule is NC(CC(=O)N1CCN(C(=O)CCC2CCCCC2)CC1)c1ccccc1. The van der Waals surface area contributed by atoms with E-state index >= 15 is 0 Å². The Balaban J connectivity index is 1.38. The number of hydrogen-bond acceptors (Lipinski definition) is 3. The number of rotatable bonds is 6. The van der Waals surface area contributed by atoms with Crippen LogP contribution >= 0.6 is 0 Å². The van der Waals surface area contributed by atoms with E-state index in [0.717, 1.165) is 17.9 Å². The molecule has 148 valence electrons. The first-order chi connectivity index (χ1) is 13.1. The molecule has 5 nitrogen and oxygen atoms in total. The fraction of sp³-hybridized carbons (Fsp3) is 0.636. The maximum absolute atomic E-state index is 12.5. The Kier molecular flexibility index (Phi) is 7.27. The number of hydrogen-bond donors (Lipinski definition) is 1. The molecule has 1 heterocycles. The van der Waals surface area contributed by atoms with Gasteiger partial charge >= 0.3 is 0 Å². The zero-order chi connectivity index (χ0) is 19.1. The van der Waals surface area contributed by atoms with Crippen LogP contribution in [0.1, 0.15) is 63.0 Å². The van der Waals surface area contributed by atoms with E-state index in [1.807, 2.05) is 40.1 Å². The van der Waals surface area contributed by atoms with Gasteiger partial charge in [0.05, 0.1) is 0 Å². The van der Waals surface area contributed by atoms with Crippen LogP contribution in [0.25, 0.3) is 0 Å². The molecule has 2 aliphatic rings. The first kappa shape index (κ1) is 19.9. The Bertz CT molecular complexity index is 605. The van der Waals surface area contributed by atoms with Crippen molar-refractivity contribution < 1.29 is 9.59 Å². The lowest BCUT2D eigenvalue weighted by atomic mass is 9.86. The van der Waals surface area contributed by atoms with Crippen LogP contribution in [0.15, 0.2) is 30.3 Å². The van der Waals surface area contributed by atoms with Gasteiger partial charge in [0.15, 0.2) is 0 Å². The van der Waals surface area contributed by atoms with Crippen LogP contribution in [0.4, 0.5) is 0 Å². The maximum atomic E-state index is 12.5. The van der Waals surface area contributed by atoms with Crippen LogP contribution in [-0.2, 0) is 9.59 Å². The minimum atomic E-state index is -0.270. The highest BCUT2D eigenvalue weighted by atomic mass is 16.2. The molecule has 0 aromatic heterocycles. The molecule has 27 heavy (non-hydrogen) atoms. The van der Waals surface area contributed by atoms with Gasteiger partial charge < -0.3 is 15.5 Å². The summed E-state index contributed by atoms with van der Waals surface area (Å²) in [6, 6.07) is 9.48. The molecule has 1 saturated heterocycles. The summed E-state index contributed by atoms with van der Waals surface area (Å²) in [4.78, 5) is 28.8. The highest BCUT2D eigenvalue weighted by molar-refractivity contribution is 5.79. The highest BCUT2D eigenvalue weighted by Gasteiger charge is 2.25. The van der Waals surface area contributed by atoms with Crippen molar-refractivity contribution in [2.24, 2.45) is 11.7 Å². The van der Waals surface area contributed by atoms with Crippen LogP contribution in [0, 0.1) is 5.92 Å². The second-order valence-corrected chi connectivity index (χ2v) is 8.03. The molecule has 1 unspecified atom stereocenters. The van der Waals surface area contributed by atoms with Crippen LogP contribution in [0.5, 0.6) is 0 Å². The molecule has 0 spiro atoms. The minimum absolute atomic E-state index is 0.0839. The summed E-state index contributed by atoms with van der Waals surface area (Å²) >= 11 is 0. The van der Waals surface area contributed by atoms with E-state index in [1.54, 1.807) is 0 Å². The summed E-state index contributed by atoms with van der Waals surface area (Å²) in [6.07, 6.45) is 8.60. The Labute approximate surface area is 162 Å². The average Bonchev–Trinajstić information content (AvgIpc) is 2.73. The van der Waals surface area contributed by atoms with E-state index in [-0.39, 0.29) is 17.9 Å². The molecule has 1 aliphatic heterocycles. The second kappa shape index (κ2) is 9.88. The fourth-order valence-electron chi connectivity index (χ4n) is 4.30. The predicted octanol–water partition coefficient (Wildman–Crippen LogP) is 3.11. The first-order valence-electron chi connectivity index (χ1n) is 10.5. The van der Waals surface area contributed by atoms with Crippen molar-refractivity contribution in [3.05, 3.63) is 35.9 Å². The molecule has 1 atom stereocenters. The van der Waals surface area contributed by atoms with Gasteiger partial charge in [0.1, 0.15) is 0 Å². The molecule has 0 radical (unpaired) electrons. The van der Waals surface area contributed by atoms with Gasteiger partial charge in [-0.1, -0.05) is 62.4 Å². The van der Waals surface area contributed by atoms with Crippen molar-refractivity contribution in [1.29, 1.82) is 0 Å².